The summed E-state index contributed by atoms with van der Waals surface area (Å²) in [6, 6.07) is 10.1. The van der Waals surface area contributed by atoms with E-state index in [9.17, 15) is 9.59 Å². The summed E-state index contributed by atoms with van der Waals surface area (Å²) in [6.07, 6.45) is 5.60. The number of benzene rings is 1. The lowest BCUT2D eigenvalue weighted by Crippen LogP contribution is -2.45. The van der Waals surface area contributed by atoms with Crippen molar-refractivity contribution in [2.45, 2.75) is 44.7 Å². The maximum Gasteiger partial charge on any atom is 0.303 e. The molecule has 1 saturated heterocycles. The molecule has 1 aromatic carbocycles. The van der Waals surface area contributed by atoms with Gasteiger partial charge in [0, 0.05) is 30.7 Å². The van der Waals surface area contributed by atoms with Crippen molar-refractivity contribution in [2.24, 2.45) is 0 Å². The number of amides is 1. The molecular weight excluding hydrogens is 292 g/mol. The van der Waals surface area contributed by atoms with Crippen molar-refractivity contribution in [3.63, 3.8) is 0 Å². The molecule has 0 radical (unpaired) electrons. The molecule has 0 saturated carbocycles. The Balaban J connectivity index is 1.71. The fourth-order valence-electron chi connectivity index (χ4n) is 3.43. The molecule has 1 amide bonds. The number of aromatic nitrogens is 1. The minimum absolute atomic E-state index is 0.0641. The first-order chi connectivity index (χ1) is 11.1. The summed E-state index contributed by atoms with van der Waals surface area (Å²) in [4.78, 5) is 25.4. The second-order valence-corrected chi connectivity index (χ2v) is 6.17. The molecule has 2 heterocycles. The Bertz CT molecular complexity index is 707. The predicted octanol–water partition coefficient (Wildman–Crippen LogP) is 2.89. The fraction of sp³-hybridized carbons (Fsp3) is 0.444. The van der Waals surface area contributed by atoms with Gasteiger partial charge in [-0.25, -0.2) is 0 Å². The number of piperidine rings is 1. The van der Waals surface area contributed by atoms with Gasteiger partial charge in [0.05, 0.1) is 0 Å². The van der Waals surface area contributed by atoms with Gasteiger partial charge in [-0.15, -0.1) is 0 Å². The Kier molecular flexibility index (Phi) is 4.65. The van der Waals surface area contributed by atoms with Crippen molar-refractivity contribution >= 4 is 22.8 Å². The number of hydrogen-bond acceptors (Lipinski definition) is 2. The standard InChI is InChI=1S/C18H22N2O3/c21-17(13-19-12-10-14-5-1-2-7-16(14)19)20-11-4-3-6-15(20)8-9-18(22)23/h1-2,5,7,10,12,15H,3-4,6,8-9,11,13H2,(H,22,23). The van der Waals surface area contributed by atoms with Crippen molar-refractivity contribution in [1.29, 1.82) is 0 Å². The van der Waals surface area contributed by atoms with E-state index in [1.54, 1.807) is 0 Å². The molecule has 23 heavy (non-hydrogen) atoms. The van der Waals surface area contributed by atoms with Crippen LogP contribution >= 0.6 is 0 Å². The molecule has 5 nitrogen and oxygen atoms in total. The van der Waals surface area contributed by atoms with E-state index in [1.165, 1.54) is 0 Å². The maximum atomic E-state index is 12.7. The molecule has 0 spiro atoms. The van der Waals surface area contributed by atoms with Crippen LogP contribution in [0.3, 0.4) is 0 Å². The normalized spacial score (nSPS) is 18.3. The van der Waals surface area contributed by atoms with Crippen LogP contribution in [0.5, 0.6) is 0 Å². The zero-order valence-electron chi connectivity index (χ0n) is 13.1. The molecule has 122 valence electrons. The van der Waals surface area contributed by atoms with Crippen LogP contribution in [0.4, 0.5) is 0 Å². The lowest BCUT2D eigenvalue weighted by molar-refractivity contribution is -0.140. The van der Waals surface area contributed by atoms with Gasteiger partial charge < -0.3 is 14.6 Å². The van der Waals surface area contributed by atoms with E-state index < -0.39 is 5.97 Å². The molecule has 1 aliphatic heterocycles. The summed E-state index contributed by atoms with van der Waals surface area (Å²) >= 11 is 0. The summed E-state index contributed by atoms with van der Waals surface area (Å²) in [5.74, 6) is -0.708. The SMILES string of the molecule is O=C(O)CCC1CCCCN1C(=O)Cn1ccc2ccccc21. The van der Waals surface area contributed by atoms with E-state index in [4.69, 9.17) is 5.11 Å². The topological polar surface area (TPSA) is 62.5 Å². The number of likely N-dealkylation sites (tertiary alicyclic amines) is 1. The molecule has 5 heteroatoms. The Morgan fingerprint density at radius 3 is 2.83 bits per heavy atom. The van der Waals surface area contributed by atoms with Crippen LogP contribution in [0, 0.1) is 0 Å². The lowest BCUT2D eigenvalue weighted by Gasteiger charge is -2.36. The van der Waals surface area contributed by atoms with Crippen LogP contribution in [0.2, 0.25) is 0 Å². The second-order valence-electron chi connectivity index (χ2n) is 6.17. The van der Waals surface area contributed by atoms with Gasteiger partial charge in [0.25, 0.3) is 0 Å². The monoisotopic (exact) mass is 314 g/mol. The zero-order chi connectivity index (χ0) is 16.2. The van der Waals surface area contributed by atoms with Crippen LogP contribution < -0.4 is 0 Å². The van der Waals surface area contributed by atoms with Gasteiger partial charge >= 0.3 is 5.97 Å². The van der Waals surface area contributed by atoms with E-state index >= 15 is 0 Å². The first-order valence-electron chi connectivity index (χ1n) is 8.20. The Morgan fingerprint density at radius 2 is 2.00 bits per heavy atom. The predicted molar refractivity (Wildman–Crippen MR) is 88.2 cm³/mol. The van der Waals surface area contributed by atoms with E-state index in [2.05, 4.69) is 0 Å². The summed E-state index contributed by atoms with van der Waals surface area (Å²) in [6.45, 7) is 1.05. The van der Waals surface area contributed by atoms with Crippen molar-refractivity contribution in [3.8, 4) is 0 Å². The van der Waals surface area contributed by atoms with Gasteiger partial charge in [0.15, 0.2) is 0 Å². The zero-order valence-corrected chi connectivity index (χ0v) is 13.1. The van der Waals surface area contributed by atoms with Gasteiger partial charge in [-0.2, -0.15) is 0 Å². The minimum Gasteiger partial charge on any atom is -0.481 e. The first-order valence-corrected chi connectivity index (χ1v) is 8.20. The van der Waals surface area contributed by atoms with Crippen molar-refractivity contribution in [3.05, 3.63) is 36.5 Å². The third-order valence-electron chi connectivity index (χ3n) is 4.62. The largest absolute Gasteiger partial charge is 0.481 e. The molecule has 1 atom stereocenters. The molecule has 1 N–H and O–H groups in total. The smallest absolute Gasteiger partial charge is 0.303 e. The molecule has 3 rings (SSSR count). The molecule has 2 aromatic rings. The summed E-state index contributed by atoms with van der Waals surface area (Å²) in [5, 5.41) is 10.0. The number of nitrogens with zero attached hydrogens (tertiary/aromatic N) is 2. The average Bonchev–Trinajstić information content (AvgIpc) is 2.96. The van der Waals surface area contributed by atoms with Crippen molar-refractivity contribution in [2.75, 3.05) is 6.54 Å². The third kappa shape index (κ3) is 3.55. The number of carbonyl (C=O) groups excluding carboxylic acids is 1. The van der Waals surface area contributed by atoms with Gasteiger partial charge in [-0.1, -0.05) is 18.2 Å². The molecule has 1 unspecified atom stereocenters. The molecular formula is C18H22N2O3. The van der Waals surface area contributed by atoms with Crippen molar-refractivity contribution < 1.29 is 14.7 Å². The highest BCUT2D eigenvalue weighted by molar-refractivity contribution is 5.83. The quantitative estimate of drug-likeness (QED) is 0.923. The molecule has 1 aromatic heterocycles. The number of carboxylic acid groups (broad SMARTS) is 1. The minimum atomic E-state index is -0.792. The molecule has 1 fully saturated rings. The number of carboxylic acids is 1. The van der Waals surface area contributed by atoms with Crippen LogP contribution in [-0.4, -0.2) is 39.0 Å². The van der Waals surface area contributed by atoms with Crippen molar-refractivity contribution in [1.82, 2.24) is 9.47 Å². The summed E-state index contributed by atoms with van der Waals surface area (Å²) in [7, 11) is 0. The van der Waals surface area contributed by atoms with E-state index in [1.807, 2.05) is 46.0 Å². The Morgan fingerprint density at radius 1 is 1.17 bits per heavy atom. The lowest BCUT2D eigenvalue weighted by atomic mass is 9.98. The van der Waals surface area contributed by atoms with Crippen LogP contribution in [0.1, 0.15) is 32.1 Å². The summed E-state index contributed by atoms with van der Waals surface area (Å²) < 4.78 is 1.97. The van der Waals surface area contributed by atoms with Gasteiger partial charge in [0.1, 0.15) is 6.54 Å². The van der Waals surface area contributed by atoms with Gasteiger partial charge in [-0.05, 0) is 43.2 Å². The average molecular weight is 314 g/mol. The molecule has 0 aliphatic carbocycles. The summed E-state index contributed by atoms with van der Waals surface area (Å²) in [5.41, 5.74) is 1.06. The van der Waals surface area contributed by atoms with E-state index in [0.717, 1.165) is 36.7 Å². The van der Waals surface area contributed by atoms with E-state index in [0.29, 0.717) is 13.0 Å². The van der Waals surface area contributed by atoms with E-state index in [-0.39, 0.29) is 18.4 Å². The third-order valence-corrected chi connectivity index (χ3v) is 4.62. The number of rotatable bonds is 5. The fourth-order valence-corrected chi connectivity index (χ4v) is 3.43. The highest BCUT2D eigenvalue weighted by atomic mass is 16.4. The van der Waals surface area contributed by atoms with Gasteiger partial charge in [-0.3, -0.25) is 9.59 Å². The van der Waals surface area contributed by atoms with Crippen LogP contribution in [-0.2, 0) is 16.1 Å². The number of fused-ring (bicyclic) bond motifs is 1. The number of carbonyl (C=O) groups is 2. The number of para-hydroxylation sites is 1. The highest BCUT2D eigenvalue weighted by Gasteiger charge is 2.27. The maximum absolute atomic E-state index is 12.7. The van der Waals surface area contributed by atoms with Crippen LogP contribution in [0.25, 0.3) is 10.9 Å². The van der Waals surface area contributed by atoms with Gasteiger partial charge in [0.2, 0.25) is 5.91 Å². The Hall–Kier alpha value is -2.30. The Labute approximate surface area is 135 Å². The highest BCUT2D eigenvalue weighted by Crippen LogP contribution is 2.22. The molecule has 0 bridgehead atoms. The number of hydrogen-bond donors (Lipinski definition) is 1. The van der Waals surface area contributed by atoms with Crippen LogP contribution in [0.15, 0.2) is 36.5 Å². The second kappa shape index (κ2) is 6.86. The first kappa shape index (κ1) is 15.6. The number of aliphatic carboxylic acids is 1. The molecule has 1 aliphatic rings.